The normalized spacial score (nSPS) is 11.7. The molecular weight excluding hydrogens is 204 g/mol. The van der Waals surface area contributed by atoms with Gasteiger partial charge in [-0.1, -0.05) is 25.0 Å². The summed E-state index contributed by atoms with van der Waals surface area (Å²) in [5.41, 5.74) is 0. The Balaban J connectivity index is 3.67. The molecule has 0 amide bonds. The maximum atomic E-state index is 5.54. The Kier molecular flexibility index (Phi) is 10.3. The van der Waals surface area contributed by atoms with Crippen LogP contribution in [0.25, 0.3) is 0 Å². The minimum atomic E-state index is -0.439. The van der Waals surface area contributed by atoms with Gasteiger partial charge in [-0.2, -0.15) is 0 Å². The van der Waals surface area contributed by atoms with E-state index in [2.05, 4.69) is 13.5 Å². The molecule has 0 aromatic heterocycles. The summed E-state index contributed by atoms with van der Waals surface area (Å²) in [6.07, 6.45) is 5.01. The Bertz CT molecular complexity index is 154. The van der Waals surface area contributed by atoms with E-state index in [0.717, 1.165) is 19.6 Å². The Labute approximate surface area is 96.9 Å². The molecule has 0 fully saturated rings. The summed E-state index contributed by atoms with van der Waals surface area (Å²) in [5.74, 6) is 0.0501. The van der Waals surface area contributed by atoms with Gasteiger partial charge >= 0.3 is 0 Å². The molecule has 2 nitrogen and oxygen atoms in total. The van der Waals surface area contributed by atoms with Gasteiger partial charge in [0.25, 0.3) is 0 Å². The lowest BCUT2D eigenvalue weighted by atomic mass is 10.2. The molecule has 0 rings (SSSR count). The zero-order chi connectivity index (χ0) is 11.5. The first-order valence-corrected chi connectivity index (χ1v) is 7.66. The van der Waals surface area contributed by atoms with E-state index in [9.17, 15) is 0 Å². The van der Waals surface area contributed by atoms with Gasteiger partial charge in [-0.15, -0.1) is 6.58 Å². The lowest BCUT2D eigenvalue weighted by Crippen LogP contribution is -2.26. The van der Waals surface area contributed by atoms with Crippen molar-refractivity contribution in [3.63, 3.8) is 0 Å². The highest BCUT2D eigenvalue weighted by atomic mass is 28.2. The molecule has 0 saturated carbocycles. The van der Waals surface area contributed by atoms with Gasteiger partial charge in [0.15, 0.2) is 0 Å². The molecule has 0 unspecified atom stereocenters. The first-order valence-electron chi connectivity index (χ1n) is 6.14. The van der Waals surface area contributed by atoms with Crippen molar-refractivity contribution in [1.82, 2.24) is 0 Å². The predicted molar refractivity (Wildman–Crippen MR) is 68.9 cm³/mol. The standard InChI is InChI=1S/C12H26O2Si/c1-5-8-9-10-11(4)15-12(13-6-2)14-7-3/h12H,4-10,15H2,1-3H3. The Morgan fingerprint density at radius 3 is 2.20 bits per heavy atom. The summed E-state index contributed by atoms with van der Waals surface area (Å²) in [7, 11) is -0.439. The Morgan fingerprint density at radius 2 is 1.73 bits per heavy atom. The quantitative estimate of drug-likeness (QED) is 0.326. The summed E-state index contributed by atoms with van der Waals surface area (Å²) >= 11 is 0. The van der Waals surface area contributed by atoms with Crippen molar-refractivity contribution in [2.45, 2.75) is 52.4 Å². The minimum absolute atomic E-state index is 0.0501. The van der Waals surface area contributed by atoms with Gasteiger partial charge < -0.3 is 9.47 Å². The fourth-order valence-corrected chi connectivity index (χ4v) is 3.13. The summed E-state index contributed by atoms with van der Waals surface area (Å²) in [4.78, 5) is 0. The van der Waals surface area contributed by atoms with E-state index in [1.165, 1.54) is 24.5 Å². The molecule has 0 N–H and O–H groups in total. The fourth-order valence-electron chi connectivity index (χ4n) is 1.50. The third kappa shape index (κ3) is 8.84. The summed E-state index contributed by atoms with van der Waals surface area (Å²) in [6, 6.07) is 0. The number of hydrogen-bond acceptors (Lipinski definition) is 2. The topological polar surface area (TPSA) is 18.5 Å². The molecular formula is C12H26O2Si. The molecule has 15 heavy (non-hydrogen) atoms. The van der Waals surface area contributed by atoms with E-state index in [4.69, 9.17) is 9.47 Å². The molecule has 0 aliphatic carbocycles. The van der Waals surface area contributed by atoms with Crippen LogP contribution < -0.4 is 0 Å². The molecule has 0 aromatic carbocycles. The van der Waals surface area contributed by atoms with Gasteiger partial charge in [-0.3, -0.25) is 0 Å². The highest BCUT2D eigenvalue weighted by molar-refractivity contribution is 6.46. The van der Waals surface area contributed by atoms with Crippen LogP contribution in [0.3, 0.4) is 0 Å². The second-order valence-corrected chi connectivity index (χ2v) is 5.83. The Morgan fingerprint density at radius 1 is 1.13 bits per heavy atom. The van der Waals surface area contributed by atoms with Crippen LogP contribution in [0.5, 0.6) is 0 Å². The Hall–Kier alpha value is -0.123. The van der Waals surface area contributed by atoms with Gasteiger partial charge in [0.1, 0.15) is 15.4 Å². The van der Waals surface area contributed by atoms with Crippen LogP contribution in [-0.2, 0) is 9.47 Å². The predicted octanol–water partition coefficient (Wildman–Crippen LogP) is 2.61. The van der Waals surface area contributed by atoms with Crippen molar-refractivity contribution < 1.29 is 9.47 Å². The average molecular weight is 230 g/mol. The van der Waals surface area contributed by atoms with Gasteiger partial charge in [0.05, 0.1) is 0 Å². The lowest BCUT2D eigenvalue weighted by Gasteiger charge is -2.17. The van der Waals surface area contributed by atoms with Crippen LogP contribution in [0, 0.1) is 0 Å². The van der Waals surface area contributed by atoms with E-state index in [0.29, 0.717) is 0 Å². The van der Waals surface area contributed by atoms with Crippen LogP contribution in [0.1, 0.15) is 46.5 Å². The van der Waals surface area contributed by atoms with E-state index >= 15 is 0 Å². The highest BCUT2D eigenvalue weighted by Crippen LogP contribution is 2.08. The van der Waals surface area contributed by atoms with Gasteiger partial charge in [0.2, 0.25) is 0 Å². The zero-order valence-electron chi connectivity index (χ0n) is 10.6. The lowest BCUT2D eigenvalue weighted by molar-refractivity contribution is -0.0821. The second-order valence-electron chi connectivity index (χ2n) is 3.75. The number of ether oxygens (including phenoxy) is 2. The smallest absolute Gasteiger partial charge is 0.139 e. The minimum Gasteiger partial charge on any atom is -0.357 e. The van der Waals surface area contributed by atoms with E-state index in [1.54, 1.807) is 0 Å². The number of hydrogen-bond donors (Lipinski definition) is 0. The van der Waals surface area contributed by atoms with Crippen LogP contribution in [0.4, 0.5) is 0 Å². The zero-order valence-corrected chi connectivity index (χ0v) is 12.0. The van der Waals surface area contributed by atoms with Crippen LogP contribution >= 0.6 is 0 Å². The summed E-state index contributed by atoms with van der Waals surface area (Å²) in [5, 5.41) is 1.38. The third-order valence-electron chi connectivity index (χ3n) is 2.29. The molecule has 0 saturated heterocycles. The number of unbranched alkanes of at least 4 members (excludes halogenated alkanes) is 2. The summed E-state index contributed by atoms with van der Waals surface area (Å²) < 4.78 is 11.1. The van der Waals surface area contributed by atoms with Crippen LogP contribution in [0.15, 0.2) is 11.8 Å². The SMILES string of the molecule is C=C(CCCCC)[SiH2]C(OCC)OCC. The first-order chi connectivity index (χ1) is 7.24. The van der Waals surface area contributed by atoms with Crippen molar-refractivity contribution >= 4 is 9.52 Å². The number of rotatable bonds is 10. The molecule has 0 bridgehead atoms. The number of allylic oxidation sites excluding steroid dienone is 1. The van der Waals surface area contributed by atoms with E-state index < -0.39 is 9.52 Å². The van der Waals surface area contributed by atoms with Crippen molar-refractivity contribution in [2.75, 3.05) is 13.2 Å². The molecule has 0 spiro atoms. The maximum absolute atomic E-state index is 5.54. The van der Waals surface area contributed by atoms with E-state index in [-0.39, 0.29) is 5.91 Å². The summed E-state index contributed by atoms with van der Waals surface area (Å²) in [6.45, 7) is 11.9. The van der Waals surface area contributed by atoms with E-state index in [1.807, 2.05) is 13.8 Å². The molecule has 0 radical (unpaired) electrons. The molecule has 0 aliphatic rings. The van der Waals surface area contributed by atoms with Gasteiger partial charge in [0, 0.05) is 13.2 Å². The molecule has 0 aliphatic heterocycles. The monoisotopic (exact) mass is 230 g/mol. The molecule has 90 valence electrons. The highest BCUT2D eigenvalue weighted by Gasteiger charge is 2.10. The van der Waals surface area contributed by atoms with Gasteiger partial charge in [-0.25, -0.2) is 0 Å². The molecule has 0 heterocycles. The van der Waals surface area contributed by atoms with Crippen molar-refractivity contribution in [2.24, 2.45) is 0 Å². The van der Waals surface area contributed by atoms with Crippen molar-refractivity contribution in [1.29, 1.82) is 0 Å². The van der Waals surface area contributed by atoms with Gasteiger partial charge in [-0.05, 0) is 26.7 Å². The van der Waals surface area contributed by atoms with Crippen LogP contribution in [-0.4, -0.2) is 28.6 Å². The van der Waals surface area contributed by atoms with Crippen LogP contribution in [0.2, 0.25) is 0 Å². The second kappa shape index (κ2) is 10.4. The largest absolute Gasteiger partial charge is 0.357 e. The maximum Gasteiger partial charge on any atom is 0.139 e. The third-order valence-corrected chi connectivity index (χ3v) is 4.03. The van der Waals surface area contributed by atoms with Crippen molar-refractivity contribution in [3.05, 3.63) is 11.8 Å². The molecule has 0 aromatic rings. The molecule has 3 heteroatoms. The fraction of sp³-hybridized carbons (Fsp3) is 0.833. The first kappa shape index (κ1) is 14.9. The van der Waals surface area contributed by atoms with Crippen molar-refractivity contribution in [3.8, 4) is 0 Å². The molecule has 0 atom stereocenters. The average Bonchev–Trinajstić information content (AvgIpc) is 2.19.